The second kappa shape index (κ2) is 12.3. The van der Waals surface area contributed by atoms with Crippen LogP contribution in [-0.4, -0.2) is 54.6 Å². The maximum Gasteiger partial charge on any atom is 0.313 e. The van der Waals surface area contributed by atoms with E-state index in [2.05, 4.69) is 19.2 Å². The van der Waals surface area contributed by atoms with E-state index in [1.807, 2.05) is 24.0 Å². The Morgan fingerprint density at radius 2 is 1.54 bits per heavy atom. The summed E-state index contributed by atoms with van der Waals surface area (Å²) in [7, 11) is 0. The van der Waals surface area contributed by atoms with E-state index in [1.54, 1.807) is 17.0 Å². The molecule has 2 amide bonds. The first-order valence-corrected chi connectivity index (χ1v) is 9.63. The summed E-state index contributed by atoms with van der Waals surface area (Å²) in [6.45, 7) is 8.83. The van der Waals surface area contributed by atoms with Gasteiger partial charge in [-0.15, -0.1) is 0 Å². The van der Waals surface area contributed by atoms with Crippen LogP contribution in [0.1, 0.15) is 46.5 Å². The van der Waals surface area contributed by atoms with Gasteiger partial charge in [-0.2, -0.15) is 0 Å². The molecule has 1 aromatic rings. The first-order chi connectivity index (χ1) is 12.6. The molecule has 1 aromatic carbocycles. The van der Waals surface area contributed by atoms with Crippen molar-refractivity contribution in [1.29, 1.82) is 0 Å². The zero-order valence-corrected chi connectivity index (χ0v) is 16.3. The van der Waals surface area contributed by atoms with E-state index in [0.29, 0.717) is 25.3 Å². The van der Waals surface area contributed by atoms with Crippen LogP contribution in [0, 0.1) is 0 Å². The highest BCUT2D eigenvalue weighted by Crippen LogP contribution is 2.17. The minimum atomic E-state index is -0.590. The summed E-state index contributed by atoms with van der Waals surface area (Å²) in [4.78, 5) is 28.4. The number of hydrogen-bond acceptors (Lipinski definition) is 4. The smallest absolute Gasteiger partial charge is 0.313 e. The van der Waals surface area contributed by atoms with Crippen LogP contribution in [0.5, 0.6) is 0 Å². The van der Waals surface area contributed by atoms with E-state index in [1.165, 1.54) is 0 Å². The molecular weight excluding hydrogens is 330 g/mol. The molecule has 0 atom stereocenters. The van der Waals surface area contributed by atoms with Crippen molar-refractivity contribution in [2.45, 2.75) is 46.5 Å². The molecule has 0 unspecified atom stereocenters. The van der Waals surface area contributed by atoms with Crippen molar-refractivity contribution >= 4 is 23.2 Å². The Morgan fingerprint density at radius 3 is 2.00 bits per heavy atom. The van der Waals surface area contributed by atoms with Gasteiger partial charge in [0, 0.05) is 37.6 Å². The number of nitrogens with zero attached hydrogens (tertiary/aromatic N) is 2. The molecule has 0 aliphatic carbocycles. The summed E-state index contributed by atoms with van der Waals surface area (Å²) in [6, 6.07) is 7.32. The summed E-state index contributed by atoms with van der Waals surface area (Å²) < 4.78 is 0. The number of benzene rings is 1. The predicted molar refractivity (Wildman–Crippen MR) is 106 cm³/mol. The van der Waals surface area contributed by atoms with Gasteiger partial charge in [0.2, 0.25) is 0 Å². The topological polar surface area (TPSA) is 72.9 Å². The maximum atomic E-state index is 12.4. The van der Waals surface area contributed by atoms with Gasteiger partial charge in [-0.1, -0.05) is 26.7 Å². The van der Waals surface area contributed by atoms with Crippen LogP contribution in [0.2, 0.25) is 0 Å². The number of aliphatic hydroxyl groups is 1. The maximum absolute atomic E-state index is 12.4. The Labute approximate surface area is 157 Å². The third kappa shape index (κ3) is 7.04. The molecule has 26 heavy (non-hydrogen) atoms. The minimum Gasteiger partial charge on any atom is -0.395 e. The number of unbranched alkanes of at least 4 members (excludes halogenated alkanes) is 2. The highest BCUT2D eigenvalue weighted by atomic mass is 16.3. The lowest BCUT2D eigenvalue weighted by Gasteiger charge is -2.23. The van der Waals surface area contributed by atoms with Crippen molar-refractivity contribution in [2.24, 2.45) is 0 Å². The monoisotopic (exact) mass is 363 g/mol. The number of amides is 2. The Hall–Kier alpha value is -2.08. The standard InChI is InChI=1S/C20H33N3O3/c1-4-7-13-23(14-8-5-2)20(26)19(25)21-17-9-11-18(12-10-17)22(6-3)15-16-24/h9-12,24H,4-8,13-16H2,1-3H3,(H,21,25). The van der Waals surface area contributed by atoms with Crippen molar-refractivity contribution < 1.29 is 14.7 Å². The Balaban J connectivity index is 2.70. The van der Waals surface area contributed by atoms with Crippen LogP contribution in [0.25, 0.3) is 0 Å². The number of carbonyl (C=O) groups is 2. The quantitative estimate of drug-likeness (QED) is 0.593. The number of nitrogens with one attached hydrogen (secondary N) is 1. The summed E-state index contributed by atoms with van der Waals surface area (Å²) in [6.07, 6.45) is 3.77. The van der Waals surface area contributed by atoms with Crippen molar-refractivity contribution in [3.63, 3.8) is 0 Å². The molecule has 0 saturated carbocycles. The average Bonchev–Trinajstić information content (AvgIpc) is 2.66. The molecule has 6 nitrogen and oxygen atoms in total. The first-order valence-electron chi connectivity index (χ1n) is 9.63. The predicted octanol–water partition coefficient (Wildman–Crippen LogP) is 2.87. The van der Waals surface area contributed by atoms with Gasteiger partial charge in [-0.05, 0) is 44.0 Å². The van der Waals surface area contributed by atoms with E-state index in [4.69, 9.17) is 5.11 Å². The number of anilines is 2. The van der Waals surface area contributed by atoms with Crippen molar-refractivity contribution in [3.05, 3.63) is 24.3 Å². The number of hydrogen-bond donors (Lipinski definition) is 2. The molecule has 0 spiro atoms. The Morgan fingerprint density at radius 1 is 0.962 bits per heavy atom. The zero-order valence-electron chi connectivity index (χ0n) is 16.3. The van der Waals surface area contributed by atoms with Crippen LogP contribution in [0.3, 0.4) is 0 Å². The number of aliphatic hydroxyl groups excluding tert-OH is 1. The molecule has 1 rings (SSSR count). The second-order valence-corrected chi connectivity index (χ2v) is 6.30. The second-order valence-electron chi connectivity index (χ2n) is 6.30. The van der Waals surface area contributed by atoms with Crippen LogP contribution < -0.4 is 10.2 Å². The fourth-order valence-electron chi connectivity index (χ4n) is 2.69. The van der Waals surface area contributed by atoms with Gasteiger partial charge in [0.15, 0.2) is 0 Å². The summed E-state index contributed by atoms with van der Waals surface area (Å²) in [5.41, 5.74) is 1.57. The number of carbonyl (C=O) groups excluding carboxylic acids is 2. The number of likely N-dealkylation sites (N-methyl/N-ethyl adjacent to an activating group) is 1. The van der Waals surface area contributed by atoms with Crippen LogP contribution in [0.15, 0.2) is 24.3 Å². The lowest BCUT2D eigenvalue weighted by molar-refractivity contribution is -0.143. The van der Waals surface area contributed by atoms with Gasteiger partial charge in [-0.25, -0.2) is 0 Å². The lowest BCUT2D eigenvalue weighted by atomic mass is 10.2. The van der Waals surface area contributed by atoms with E-state index < -0.39 is 11.8 Å². The van der Waals surface area contributed by atoms with Crippen LogP contribution >= 0.6 is 0 Å². The third-order valence-corrected chi connectivity index (χ3v) is 4.29. The van der Waals surface area contributed by atoms with Gasteiger partial charge in [0.1, 0.15) is 0 Å². The van der Waals surface area contributed by atoms with E-state index in [0.717, 1.165) is 37.9 Å². The molecule has 0 aliphatic heterocycles. The summed E-state index contributed by atoms with van der Waals surface area (Å²) in [5.74, 6) is -1.06. The normalized spacial score (nSPS) is 10.5. The average molecular weight is 364 g/mol. The van der Waals surface area contributed by atoms with Crippen molar-refractivity contribution in [3.8, 4) is 0 Å². The highest BCUT2D eigenvalue weighted by molar-refractivity contribution is 6.39. The highest BCUT2D eigenvalue weighted by Gasteiger charge is 2.21. The Bertz CT molecular complexity index is 538. The molecule has 0 fully saturated rings. The minimum absolute atomic E-state index is 0.0895. The Kier molecular flexibility index (Phi) is 10.4. The van der Waals surface area contributed by atoms with Gasteiger partial charge in [-0.3, -0.25) is 9.59 Å². The molecule has 0 heterocycles. The molecule has 0 aromatic heterocycles. The number of rotatable bonds is 11. The molecule has 0 saturated heterocycles. The van der Waals surface area contributed by atoms with Crippen LogP contribution in [-0.2, 0) is 9.59 Å². The van der Waals surface area contributed by atoms with Gasteiger partial charge in [0.05, 0.1) is 6.61 Å². The third-order valence-electron chi connectivity index (χ3n) is 4.29. The molecule has 2 N–H and O–H groups in total. The lowest BCUT2D eigenvalue weighted by Crippen LogP contribution is -2.40. The summed E-state index contributed by atoms with van der Waals surface area (Å²) >= 11 is 0. The van der Waals surface area contributed by atoms with Crippen molar-refractivity contribution in [1.82, 2.24) is 4.90 Å². The van der Waals surface area contributed by atoms with Gasteiger partial charge >= 0.3 is 11.8 Å². The summed E-state index contributed by atoms with van der Waals surface area (Å²) in [5, 5.41) is 11.8. The largest absolute Gasteiger partial charge is 0.395 e. The zero-order chi connectivity index (χ0) is 19.4. The molecular formula is C20H33N3O3. The first kappa shape index (κ1) is 22.0. The molecule has 0 aliphatic rings. The van der Waals surface area contributed by atoms with Crippen LogP contribution in [0.4, 0.5) is 11.4 Å². The van der Waals surface area contributed by atoms with E-state index in [9.17, 15) is 9.59 Å². The van der Waals surface area contributed by atoms with E-state index >= 15 is 0 Å². The fourth-order valence-corrected chi connectivity index (χ4v) is 2.69. The molecule has 146 valence electrons. The molecule has 6 heteroatoms. The molecule has 0 radical (unpaired) electrons. The van der Waals surface area contributed by atoms with E-state index in [-0.39, 0.29) is 6.61 Å². The van der Waals surface area contributed by atoms with Crippen molar-refractivity contribution in [2.75, 3.05) is 43.0 Å². The molecule has 0 bridgehead atoms. The fraction of sp³-hybridized carbons (Fsp3) is 0.600. The van der Waals surface area contributed by atoms with Gasteiger partial charge in [0.25, 0.3) is 0 Å². The van der Waals surface area contributed by atoms with Gasteiger partial charge < -0.3 is 20.2 Å². The SMILES string of the molecule is CCCCN(CCCC)C(=O)C(=O)Nc1ccc(N(CC)CCO)cc1.